The molecule has 1 heterocycles. The van der Waals surface area contributed by atoms with Crippen LogP contribution in [-0.4, -0.2) is 44.9 Å². The molecule has 32 heavy (non-hydrogen) atoms. The minimum Gasteiger partial charge on any atom is -0.506 e. The van der Waals surface area contributed by atoms with Gasteiger partial charge in [-0.3, -0.25) is 4.79 Å². The van der Waals surface area contributed by atoms with Crippen molar-refractivity contribution >= 4 is 27.6 Å². The van der Waals surface area contributed by atoms with Gasteiger partial charge in [-0.05, 0) is 51.5 Å². The first-order valence-electron chi connectivity index (χ1n) is 10.3. The number of hydrogen-bond acceptors (Lipinski definition) is 7. The lowest BCUT2D eigenvalue weighted by Gasteiger charge is -2.29. The molecule has 3 rings (SSSR count). The summed E-state index contributed by atoms with van der Waals surface area (Å²) in [7, 11) is 0. The van der Waals surface area contributed by atoms with Crippen LogP contribution in [0.2, 0.25) is 0 Å². The maximum Gasteiger partial charge on any atom is 0.410 e. The van der Waals surface area contributed by atoms with Crippen LogP contribution >= 0.6 is 11.3 Å². The summed E-state index contributed by atoms with van der Waals surface area (Å²) >= 11 is 0.897. The van der Waals surface area contributed by atoms with Gasteiger partial charge in [0.15, 0.2) is 0 Å². The highest BCUT2D eigenvalue weighted by atomic mass is 32.1. The Kier molecular flexibility index (Phi) is 7.10. The number of nitrogens with zero attached hydrogens (tertiary/aromatic N) is 1. The van der Waals surface area contributed by atoms with Crippen LogP contribution in [0.4, 0.5) is 4.79 Å². The first-order chi connectivity index (χ1) is 15.1. The van der Waals surface area contributed by atoms with E-state index in [1.807, 2.05) is 31.2 Å². The van der Waals surface area contributed by atoms with E-state index in [1.165, 1.54) is 11.0 Å². The van der Waals surface area contributed by atoms with Crippen LogP contribution in [0.15, 0.2) is 41.2 Å². The molecule has 1 unspecified atom stereocenters. The number of carbonyl (C=O) groups is 1. The summed E-state index contributed by atoms with van der Waals surface area (Å²) in [6.45, 7) is 7.94. The highest BCUT2D eigenvalue weighted by molar-refractivity contribution is 7.16. The van der Waals surface area contributed by atoms with Gasteiger partial charge in [-0.15, -0.1) is 0 Å². The fraction of sp³-hybridized carbons (Fsp3) is 0.391. The van der Waals surface area contributed by atoms with Crippen molar-refractivity contribution in [1.82, 2.24) is 9.88 Å². The third kappa shape index (κ3) is 5.80. The largest absolute Gasteiger partial charge is 0.506 e. The average Bonchev–Trinajstić information content (AvgIpc) is 3.10. The van der Waals surface area contributed by atoms with Crippen molar-refractivity contribution in [2.24, 2.45) is 0 Å². The van der Waals surface area contributed by atoms with Gasteiger partial charge in [0.1, 0.15) is 22.6 Å². The number of nitrogens with one attached hydrogen (secondary N) is 1. The zero-order chi connectivity index (χ0) is 23.5. The molecule has 8 nitrogen and oxygen atoms in total. The number of aliphatic hydroxyl groups is 1. The van der Waals surface area contributed by atoms with E-state index in [1.54, 1.807) is 26.8 Å². The average molecular weight is 461 g/mol. The van der Waals surface area contributed by atoms with E-state index in [0.29, 0.717) is 16.9 Å². The minimum absolute atomic E-state index is 0.0614. The Balaban J connectivity index is 1.87. The summed E-state index contributed by atoms with van der Waals surface area (Å²) in [5, 5.41) is 21.0. The van der Waals surface area contributed by atoms with E-state index in [0.717, 1.165) is 22.6 Å². The monoisotopic (exact) mass is 460 g/mol. The van der Waals surface area contributed by atoms with E-state index < -0.39 is 17.8 Å². The second kappa shape index (κ2) is 9.62. The van der Waals surface area contributed by atoms with Crippen molar-refractivity contribution in [2.45, 2.75) is 45.9 Å². The molecule has 0 bridgehead atoms. The minimum atomic E-state index is -1.10. The highest BCUT2D eigenvalue weighted by Gasteiger charge is 2.26. The van der Waals surface area contributed by atoms with Gasteiger partial charge in [-0.25, -0.2) is 4.79 Å². The molecule has 1 atom stereocenters. The zero-order valence-corrected chi connectivity index (χ0v) is 19.4. The number of amides is 1. The Labute approximate surface area is 190 Å². The number of aromatic nitrogens is 1. The summed E-state index contributed by atoms with van der Waals surface area (Å²) in [6.07, 6.45) is -1.66. The summed E-state index contributed by atoms with van der Waals surface area (Å²) in [5.74, 6) is 0.654. The number of phenolic OH excluding ortho intramolecular Hbond substituents is 1. The molecular formula is C23H28N2O6S. The van der Waals surface area contributed by atoms with E-state index in [4.69, 9.17) is 9.47 Å². The Morgan fingerprint density at radius 2 is 1.88 bits per heavy atom. The molecule has 3 N–H and O–H groups in total. The maximum atomic E-state index is 12.9. The number of aromatic amines is 1. The van der Waals surface area contributed by atoms with E-state index >= 15 is 0 Å². The van der Waals surface area contributed by atoms with Crippen molar-refractivity contribution in [1.29, 1.82) is 0 Å². The van der Waals surface area contributed by atoms with Gasteiger partial charge in [0.2, 0.25) is 0 Å². The molecule has 172 valence electrons. The number of benzene rings is 2. The fourth-order valence-corrected chi connectivity index (χ4v) is 4.14. The number of rotatable bonds is 7. The lowest BCUT2D eigenvalue weighted by atomic mass is 10.1. The Bertz CT molecular complexity index is 1130. The van der Waals surface area contributed by atoms with E-state index in [9.17, 15) is 19.8 Å². The predicted molar refractivity (Wildman–Crippen MR) is 123 cm³/mol. The van der Waals surface area contributed by atoms with Gasteiger partial charge in [0.05, 0.1) is 24.0 Å². The first kappa shape index (κ1) is 23.6. The molecule has 0 radical (unpaired) electrons. The molecule has 3 aromatic rings. The second-order valence-electron chi connectivity index (χ2n) is 8.35. The van der Waals surface area contributed by atoms with E-state index in [2.05, 4.69) is 4.98 Å². The second-order valence-corrected chi connectivity index (χ2v) is 9.33. The van der Waals surface area contributed by atoms with Crippen LogP contribution in [0.3, 0.4) is 0 Å². The van der Waals surface area contributed by atoms with Crippen LogP contribution in [0.25, 0.3) is 10.2 Å². The standard InChI is InChI=1S/C23H28N2O6S/c1-5-30-15-8-6-14(7-9-15)12-25(22(29)31-23(2,3)4)13-18(27)16-10-11-17(26)19-20(16)32-21(28)24-19/h6-11,18,26-27H,5,12-13H2,1-4H3,(H,24,28). The smallest absolute Gasteiger partial charge is 0.410 e. The maximum absolute atomic E-state index is 12.9. The van der Waals surface area contributed by atoms with Gasteiger partial charge < -0.3 is 29.6 Å². The normalized spacial score (nSPS) is 12.5. The number of ether oxygens (including phenoxy) is 2. The molecule has 1 amide bonds. The van der Waals surface area contributed by atoms with Gasteiger partial charge in [0, 0.05) is 12.1 Å². The zero-order valence-electron chi connectivity index (χ0n) is 18.5. The first-order valence-corrected chi connectivity index (χ1v) is 11.1. The molecule has 0 fully saturated rings. The molecule has 9 heteroatoms. The number of fused-ring (bicyclic) bond motifs is 1. The number of hydrogen-bond donors (Lipinski definition) is 3. The quantitative estimate of drug-likeness (QED) is 0.488. The summed E-state index contributed by atoms with van der Waals surface area (Å²) in [5.41, 5.74) is 0.854. The molecular weight excluding hydrogens is 432 g/mol. The molecule has 0 spiro atoms. The number of aromatic hydroxyl groups is 1. The highest BCUT2D eigenvalue weighted by Crippen LogP contribution is 2.32. The van der Waals surface area contributed by atoms with Crippen molar-refractivity contribution in [3.63, 3.8) is 0 Å². The summed E-state index contributed by atoms with van der Waals surface area (Å²) in [4.78, 5) is 28.3. The van der Waals surface area contributed by atoms with Crippen LogP contribution in [-0.2, 0) is 11.3 Å². The van der Waals surface area contributed by atoms with Crippen molar-refractivity contribution in [3.05, 3.63) is 57.2 Å². The van der Waals surface area contributed by atoms with Crippen molar-refractivity contribution < 1.29 is 24.5 Å². The fourth-order valence-electron chi connectivity index (χ4n) is 3.22. The lowest BCUT2D eigenvalue weighted by molar-refractivity contribution is 0.0125. The SMILES string of the molecule is CCOc1ccc(CN(CC(O)c2ccc(O)c3[nH]c(=O)sc23)C(=O)OC(C)(C)C)cc1. The van der Waals surface area contributed by atoms with Crippen molar-refractivity contribution in [2.75, 3.05) is 13.2 Å². The summed E-state index contributed by atoms with van der Waals surface area (Å²) < 4.78 is 11.5. The van der Waals surface area contributed by atoms with Gasteiger partial charge in [-0.1, -0.05) is 29.5 Å². The van der Waals surface area contributed by atoms with Gasteiger partial charge in [-0.2, -0.15) is 0 Å². The third-order valence-electron chi connectivity index (χ3n) is 4.60. The van der Waals surface area contributed by atoms with E-state index in [-0.39, 0.29) is 29.2 Å². The molecule has 2 aromatic carbocycles. The Morgan fingerprint density at radius 1 is 1.19 bits per heavy atom. The Hall–Kier alpha value is -3.04. The van der Waals surface area contributed by atoms with Crippen LogP contribution in [0, 0.1) is 0 Å². The Morgan fingerprint density at radius 3 is 2.50 bits per heavy atom. The number of aliphatic hydroxyl groups excluding tert-OH is 1. The third-order valence-corrected chi connectivity index (χ3v) is 5.53. The van der Waals surface area contributed by atoms with Crippen LogP contribution in [0.5, 0.6) is 11.5 Å². The van der Waals surface area contributed by atoms with Crippen LogP contribution < -0.4 is 9.61 Å². The van der Waals surface area contributed by atoms with Gasteiger partial charge in [0.25, 0.3) is 0 Å². The molecule has 0 aliphatic carbocycles. The molecule has 0 aliphatic rings. The van der Waals surface area contributed by atoms with Crippen LogP contribution in [0.1, 0.15) is 44.9 Å². The molecule has 1 aromatic heterocycles. The lowest BCUT2D eigenvalue weighted by Crippen LogP contribution is -2.38. The topological polar surface area (TPSA) is 112 Å². The molecule has 0 aliphatic heterocycles. The number of carbonyl (C=O) groups excluding carboxylic acids is 1. The molecule has 0 saturated heterocycles. The van der Waals surface area contributed by atoms with Crippen molar-refractivity contribution in [3.8, 4) is 11.5 Å². The molecule has 0 saturated carbocycles. The summed E-state index contributed by atoms with van der Waals surface area (Å²) in [6, 6.07) is 10.3. The number of thiazole rings is 1. The van der Waals surface area contributed by atoms with Gasteiger partial charge >= 0.3 is 11.0 Å². The number of phenols is 1. The number of H-pyrrole nitrogens is 1. The predicted octanol–water partition coefficient (Wildman–Crippen LogP) is 4.16.